The van der Waals surface area contributed by atoms with Crippen molar-refractivity contribution in [2.45, 2.75) is 12.8 Å². The molecule has 0 fully saturated rings. The molecule has 32 heavy (non-hydrogen) atoms. The minimum absolute atomic E-state index is 0.575. The molecule has 4 aliphatic carbocycles. The Labute approximate surface area is 189 Å². The Morgan fingerprint density at radius 2 is 0.875 bits per heavy atom. The SMILES string of the molecule is N#CN1CC2=CC=CC3=C(C=CC=C2C3)CN(C#N)CC2=C3C=CC=C(C1)C(=CC=C2)C3. The van der Waals surface area contributed by atoms with Crippen LogP contribution in [0, 0.1) is 22.9 Å². The molecule has 0 N–H and O–H groups in total. The first-order valence-electron chi connectivity index (χ1n) is 11.0. The van der Waals surface area contributed by atoms with Gasteiger partial charge in [-0.2, -0.15) is 10.5 Å². The maximum absolute atomic E-state index is 9.94. The van der Waals surface area contributed by atoms with Crippen LogP contribution in [0.15, 0.2) is 117 Å². The average molecular weight is 417 g/mol. The maximum atomic E-state index is 9.94. The molecule has 1 heterocycles. The molecule has 0 aromatic heterocycles. The summed E-state index contributed by atoms with van der Waals surface area (Å²) in [5.74, 6) is 0. The van der Waals surface area contributed by atoms with Gasteiger partial charge in [0.2, 0.25) is 0 Å². The molecule has 156 valence electrons. The fourth-order valence-electron chi connectivity index (χ4n) is 4.77. The summed E-state index contributed by atoms with van der Waals surface area (Å²) in [7, 11) is 0. The third-order valence-electron chi connectivity index (χ3n) is 6.52. The van der Waals surface area contributed by atoms with Crippen molar-refractivity contribution in [1.82, 2.24) is 9.80 Å². The molecule has 0 unspecified atom stereocenters. The van der Waals surface area contributed by atoms with Gasteiger partial charge < -0.3 is 9.80 Å². The van der Waals surface area contributed by atoms with E-state index in [1.807, 2.05) is 9.80 Å². The standard InChI is InChI=1S/C28H24N4/c29-19-31-15-25-9-1-5-21-13-22(25)6-2-10-26(21)16-32(20-30)18-28-12-4-7-23-14-24(28)8-3-11-27(23)17-31/h1-12H,13-18H2. The molecule has 4 nitrogen and oxygen atoms in total. The topological polar surface area (TPSA) is 54.1 Å². The van der Waals surface area contributed by atoms with Crippen molar-refractivity contribution in [3.8, 4) is 12.4 Å². The third-order valence-corrected chi connectivity index (χ3v) is 6.52. The lowest BCUT2D eigenvalue weighted by Crippen LogP contribution is -2.25. The van der Waals surface area contributed by atoms with Crippen LogP contribution in [0.1, 0.15) is 12.8 Å². The molecule has 0 saturated carbocycles. The predicted molar refractivity (Wildman–Crippen MR) is 127 cm³/mol. The Bertz CT molecular complexity index is 1150. The number of nitriles is 2. The summed E-state index contributed by atoms with van der Waals surface area (Å²) < 4.78 is 0. The molecule has 0 aromatic carbocycles. The molecular formula is C28H24N4. The van der Waals surface area contributed by atoms with Crippen molar-refractivity contribution < 1.29 is 0 Å². The highest BCUT2D eigenvalue weighted by Crippen LogP contribution is 2.33. The van der Waals surface area contributed by atoms with Crippen LogP contribution in [0.3, 0.4) is 0 Å². The van der Waals surface area contributed by atoms with E-state index in [-0.39, 0.29) is 0 Å². The first-order chi connectivity index (χ1) is 15.7. The van der Waals surface area contributed by atoms with Gasteiger partial charge >= 0.3 is 0 Å². The van der Waals surface area contributed by atoms with Gasteiger partial charge in [-0.25, -0.2) is 0 Å². The van der Waals surface area contributed by atoms with Crippen molar-refractivity contribution in [3.05, 3.63) is 117 Å². The minimum atomic E-state index is 0.575. The summed E-state index contributed by atoms with van der Waals surface area (Å²) >= 11 is 0. The molecule has 0 radical (unpaired) electrons. The van der Waals surface area contributed by atoms with E-state index in [9.17, 15) is 10.5 Å². The van der Waals surface area contributed by atoms with Gasteiger partial charge in [0.25, 0.3) is 0 Å². The molecule has 0 amide bonds. The van der Waals surface area contributed by atoms with Crippen molar-refractivity contribution in [3.63, 3.8) is 0 Å². The highest BCUT2D eigenvalue weighted by molar-refractivity contribution is 5.54. The number of hydrogen-bond acceptors (Lipinski definition) is 4. The first kappa shape index (κ1) is 19.9. The van der Waals surface area contributed by atoms with E-state index in [1.54, 1.807) is 0 Å². The van der Waals surface area contributed by atoms with Crippen LogP contribution < -0.4 is 0 Å². The van der Waals surface area contributed by atoms with E-state index in [0.717, 1.165) is 35.1 Å². The van der Waals surface area contributed by atoms with Gasteiger partial charge in [0.1, 0.15) is 0 Å². The maximum Gasteiger partial charge on any atom is 0.179 e. The summed E-state index contributed by atoms with van der Waals surface area (Å²) in [6, 6.07) is 0. The molecule has 1 aliphatic heterocycles. The first-order valence-corrected chi connectivity index (χ1v) is 11.0. The lowest BCUT2D eigenvalue weighted by Gasteiger charge is -2.23. The van der Waals surface area contributed by atoms with Crippen LogP contribution in [0.2, 0.25) is 0 Å². The van der Waals surface area contributed by atoms with Crippen LogP contribution in [-0.2, 0) is 0 Å². The minimum Gasteiger partial charge on any atom is -0.302 e. The van der Waals surface area contributed by atoms with Gasteiger partial charge in [0, 0.05) is 0 Å². The van der Waals surface area contributed by atoms with E-state index in [0.29, 0.717) is 26.2 Å². The second kappa shape index (κ2) is 8.61. The zero-order valence-corrected chi connectivity index (χ0v) is 18.0. The van der Waals surface area contributed by atoms with Gasteiger partial charge in [-0.15, -0.1) is 0 Å². The van der Waals surface area contributed by atoms with Gasteiger partial charge in [-0.3, -0.25) is 0 Å². The van der Waals surface area contributed by atoms with Crippen molar-refractivity contribution in [2.24, 2.45) is 0 Å². The lowest BCUT2D eigenvalue weighted by molar-refractivity contribution is 0.459. The Hall–Kier alpha value is -4.02. The third kappa shape index (κ3) is 3.96. The second-order valence-electron chi connectivity index (χ2n) is 8.57. The molecule has 5 rings (SSSR count). The van der Waals surface area contributed by atoms with Crippen LogP contribution in [0.25, 0.3) is 0 Å². The second-order valence-corrected chi connectivity index (χ2v) is 8.57. The highest BCUT2D eigenvalue weighted by atomic mass is 15.1. The summed E-state index contributed by atoms with van der Waals surface area (Å²) in [5, 5.41) is 19.9. The molecule has 5 aliphatic rings. The van der Waals surface area contributed by atoms with E-state index in [4.69, 9.17) is 0 Å². The zero-order valence-electron chi connectivity index (χ0n) is 18.0. The lowest BCUT2D eigenvalue weighted by atomic mass is 9.96. The zero-order chi connectivity index (χ0) is 21.9. The Morgan fingerprint density at radius 1 is 0.500 bits per heavy atom. The van der Waals surface area contributed by atoms with Crippen molar-refractivity contribution >= 4 is 0 Å². The average Bonchev–Trinajstić information content (AvgIpc) is 3.29. The van der Waals surface area contributed by atoms with Crippen molar-refractivity contribution in [2.75, 3.05) is 26.2 Å². The van der Waals surface area contributed by atoms with E-state index >= 15 is 0 Å². The smallest absolute Gasteiger partial charge is 0.179 e. The fraction of sp³-hybridized carbons (Fsp3) is 0.214. The number of rotatable bonds is 0. The quantitative estimate of drug-likeness (QED) is 0.526. The highest BCUT2D eigenvalue weighted by Gasteiger charge is 2.21. The summed E-state index contributed by atoms with van der Waals surface area (Å²) in [6.07, 6.45) is 31.9. The van der Waals surface area contributed by atoms with Gasteiger partial charge in [0.05, 0.1) is 26.2 Å². The molecular weight excluding hydrogens is 392 g/mol. The van der Waals surface area contributed by atoms with Crippen LogP contribution in [-0.4, -0.2) is 36.0 Å². The van der Waals surface area contributed by atoms with Crippen LogP contribution in [0.5, 0.6) is 0 Å². The van der Waals surface area contributed by atoms with Gasteiger partial charge in [-0.1, -0.05) is 72.9 Å². The molecule has 4 heteroatoms. The number of allylic oxidation sites excluding steroid dienone is 12. The van der Waals surface area contributed by atoms with E-state index < -0.39 is 0 Å². The molecule has 0 aromatic rings. The van der Waals surface area contributed by atoms with Crippen molar-refractivity contribution in [1.29, 1.82) is 10.5 Å². The molecule has 0 spiro atoms. The normalized spacial score (nSPS) is 22.1. The van der Waals surface area contributed by atoms with Gasteiger partial charge in [-0.05, 0) is 57.4 Å². The van der Waals surface area contributed by atoms with E-state index in [1.165, 1.54) is 22.3 Å². The largest absolute Gasteiger partial charge is 0.302 e. The number of nitrogens with zero attached hydrogens (tertiary/aromatic N) is 4. The fourth-order valence-corrected chi connectivity index (χ4v) is 4.77. The van der Waals surface area contributed by atoms with Crippen LogP contribution in [0.4, 0.5) is 0 Å². The Morgan fingerprint density at radius 3 is 1.31 bits per heavy atom. The predicted octanol–water partition coefficient (Wildman–Crippen LogP) is 4.92. The molecule has 0 atom stereocenters. The van der Waals surface area contributed by atoms with Crippen LogP contribution >= 0.6 is 0 Å². The summed E-state index contributed by atoms with van der Waals surface area (Å²) in [6.45, 7) is 2.30. The summed E-state index contributed by atoms with van der Waals surface area (Å²) in [4.78, 5) is 3.69. The Kier molecular flexibility index (Phi) is 5.36. The Balaban J connectivity index is 1.62. The van der Waals surface area contributed by atoms with E-state index in [2.05, 4.69) is 85.3 Å². The molecule has 8 bridgehead atoms. The van der Waals surface area contributed by atoms with Gasteiger partial charge in [0.15, 0.2) is 12.4 Å². The molecule has 0 saturated heterocycles. The number of hydrogen-bond donors (Lipinski definition) is 0. The monoisotopic (exact) mass is 416 g/mol. The summed E-state index contributed by atoms with van der Waals surface area (Å²) in [5.41, 5.74) is 9.56.